The van der Waals surface area contributed by atoms with Crippen LogP contribution in [0.5, 0.6) is 0 Å². The summed E-state index contributed by atoms with van der Waals surface area (Å²) in [5.74, 6) is 0.172. The Bertz CT molecular complexity index is 2450. The fourth-order valence-corrected chi connectivity index (χ4v) is 9.38. The van der Waals surface area contributed by atoms with Crippen LogP contribution in [0.3, 0.4) is 0 Å². The van der Waals surface area contributed by atoms with E-state index in [0.717, 1.165) is 70.0 Å². The molecule has 15 nitrogen and oxygen atoms in total. The summed E-state index contributed by atoms with van der Waals surface area (Å²) in [7, 11) is 0. The summed E-state index contributed by atoms with van der Waals surface area (Å²) in [6.07, 6.45) is 5.88. The number of alkyl halides is 1. The maximum Gasteiger partial charge on any atom is 0.329 e. The number of esters is 2. The number of nitrogens with one attached hydrogen (secondary N) is 2. The fraction of sp³-hybridized carbons (Fsp3) is 0.603. The number of hydrogen-bond acceptors (Lipinski definition) is 12. The number of rotatable bonds is 16. The number of carboxylic acids is 1. The molecule has 0 radical (unpaired) electrons. The second kappa shape index (κ2) is 28.2. The van der Waals surface area contributed by atoms with Crippen molar-refractivity contribution in [2.24, 2.45) is 35.5 Å². The van der Waals surface area contributed by atoms with Gasteiger partial charge in [-0.15, -0.1) is 0 Å². The molecular weight excluding hydrogens is 1060 g/mol. The molecule has 4 aromatic rings. The van der Waals surface area contributed by atoms with E-state index in [1.165, 1.54) is 11.1 Å². The number of aryl methyl sites for hydroxylation is 4. The normalized spacial score (nSPS) is 18.7. The Kier molecular flexibility index (Phi) is 23.4. The van der Waals surface area contributed by atoms with Crippen molar-refractivity contribution in [1.29, 1.82) is 0 Å². The number of halogens is 1. The highest BCUT2D eigenvalue weighted by Crippen LogP contribution is 2.32. The number of nitrogens with zero attached hydrogens (tertiary/aromatic N) is 2. The zero-order chi connectivity index (χ0) is 55.1. The molecule has 2 heterocycles. The standard InChI is InChI=1S/C29H42N2O5.C17H29NO5.C12H12INO/c1-18(2)25(28(33)36-29(5,6)7)31-26(32)23-10-8-9-21(15-23)16-34-17-24-20(4)35-27(30-24)22-13-11-19(3)12-14-22;1-10(2)13(16(22)23-17(3,4)5)18-14(19)11-7-6-8-12(9-11)15(20)21;1-8-3-5-10(6-4-8)12-14-11(7-13)9(2)15-12/h11-14,18,21,23,25H,8-10,15-17H2,1-7H3,(H,31,32);10-13H,6-9H2,1-5H3,(H,18,19)(H,20,21);3-6H,7H2,1-2H3/t21?,23?,25-;11?,12?,13-;/m00./s1. The van der Waals surface area contributed by atoms with Gasteiger partial charge in [0, 0.05) is 34.0 Å². The van der Waals surface area contributed by atoms with Crippen LogP contribution < -0.4 is 10.6 Å². The van der Waals surface area contributed by atoms with E-state index in [1.54, 1.807) is 20.8 Å². The lowest BCUT2D eigenvalue weighted by Gasteiger charge is -2.31. The molecule has 408 valence electrons. The first-order valence-electron chi connectivity index (χ1n) is 26.1. The lowest BCUT2D eigenvalue weighted by Crippen LogP contribution is -2.49. The van der Waals surface area contributed by atoms with Crippen LogP contribution in [0.2, 0.25) is 0 Å². The number of benzene rings is 2. The van der Waals surface area contributed by atoms with Gasteiger partial charge in [0.25, 0.3) is 0 Å². The molecule has 4 unspecified atom stereocenters. The van der Waals surface area contributed by atoms with E-state index in [-0.39, 0.29) is 47.4 Å². The summed E-state index contributed by atoms with van der Waals surface area (Å²) in [5.41, 5.74) is 5.05. The van der Waals surface area contributed by atoms with Gasteiger partial charge in [-0.25, -0.2) is 19.6 Å². The molecule has 6 atom stereocenters. The molecule has 2 saturated carbocycles. The molecule has 0 bridgehead atoms. The van der Waals surface area contributed by atoms with Crippen LogP contribution >= 0.6 is 22.6 Å². The molecule has 16 heteroatoms. The van der Waals surface area contributed by atoms with Crippen molar-refractivity contribution in [3.8, 4) is 22.9 Å². The molecule has 0 spiro atoms. The number of ether oxygens (including phenoxy) is 3. The first-order chi connectivity index (χ1) is 34.6. The van der Waals surface area contributed by atoms with Crippen molar-refractivity contribution in [1.82, 2.24) is 20.6 Å². The van der Waals surface area contributed by atoms with Gasteiger partial charge in [0.1, 0.15) is 40.5 Å². The number of carboxylic acid groups (broad SMARTS) is 1. The van der Waals surface area contributed by atoms with Gasteiger partial charge in [-0.3, -0.25) is 14.4 Å². The highest BCUT2D eigenvalue weighted by molar-refractivity contribution is 14.1. The Morgan fingerprint density at radius 2 is 1.04 bits per heavy atom. The van der Waals surface area contributed by atoms with Crippen LogP contribution in [0.25, 0.3) is 22.9 Å². The average Bonchev–Trinajstić information content (AvgIpc) is 3.90. The third kappa shape index (κ3) is 19.9. The highest BCUT2D eigenvalue weighted by Gasteiger charge is 2.36. The van der Waals surface area contributed by atoms with E-state index in [0.29, 0.717) is 44.8 Å². The number of aromatic nitrogens is 2. The van der Waals surface area contributed by atoms with E-state index in [1.807, 2.05) is 106 Å². The SMILES string of the molecule is CC(C)[C@H](NC(=O)C1CCCC(C(=O)O)C1)C(=O)OC(C)(C)C.Cc1ccc(-c2nc(CI)c(C)o2)cc1.Cc1ccc(-c2nc(COCC3CCCC(C(=O)N[C@H](C(=O)OC(C)(C)C)C(C)C)C3)c(C)o2)cc1. The predicted molar refractivity (Wildman–Crippen MR) is 294 cm³/mol. The van der Waals surface area contributed by atoms with Gasteiger partial charge in [0.05, 0.1) is 18.2 Å². The third-order valence-electron chi connectivity index (χ3n) is 12.9. The minimum atomic E-state index is -0.852. The molecule has 0 aliphatic heterocycles. The first kappa shape index (κ1) is 61.4. The van der Waals surface area contributed by atoms with Gasteiger partial charge in [0.2, 0.25) is 23.6 Å². The predicted octanol–water partition coefficient (Wildman–Crippen LogP) is 12.0. The first-order valence-corrected chi connectivity index (χ1v) is 27.7. The average molecular weight is 1140 g/mol. The van der Waals surface area contributed by atoms with Crippen LogP contribution in [-0.4, -0.2) is 74.7 Å². The van der Waals surface area contributed by atoms with Crippen LogP contribution in [0.4, 0.5) is 0 Å². The molecule has 6 rings (SSSR count). The Hall–Kier alpha value is -5.10. The minimum Gasteiger partial charge on any atom is -0.481 e. The summed E-state index contributed by atoms with van der Waals surface area (Å²) < 4.78 is 29.3. The van der Waals surface area contributed by atoms with Gasteiger partial charge in [0.15, 0.2) is 0 Å². The Labute approximate surface area is 453 Å². The summed E-state index contributed by atoms with van der Waals surface area (Å²) in [5, 5.41) is 14.8. The molecule has 2 aromatic heterocycles. The summed E-state index contributed by atoms with van der Waals surface area (Å²) in [6, 6.07) is 14.9. The maximum atomic E-state index is 13.0. The van der Waals surface area contributed by atoms with Crippen molar-refractivity contribution in [2.75, 3.05) is 6.61 Å². The largest absolute Gasteiger partial charge is 0.481 e. The van der Waals surface area contributed by atoms with Crippen molar-refractivity contribution in [3.63, 3.8) is 0 Å². The van der Waals surface area contributed by atoms with Gasteiger partial charge in [-0.2, -0.15) is 0 Å². The Morgan fingerprint density at radius 1 is 0.635 bits per heavy atom. The highest BCUT2D eigenvalue weighted by atomic mass is 127. The van der Waals surface area contributed by atoms with Crippen LogP contribution in [0.1, 0.15) is 155 Å². The third-order valence-corrected chi connectivity index (χ3v) is 13.6. The Balaban J connectivity index is 0.000000265. The molecule has 0 saturated heterocycles. The maximum absolute atomic E-state index is 13.0. The van der Waals surface area contributed by atoms with Gasteiger partial charge >= 0.3 is 17.9 Å². The number of carbonyl (C=O) groups excluding carboxylic acids is 4. The molecule has 74 heavy (non-hydrogen) atoms. The molecule has 2 fully saturated rings. The van der Waals surface area contributed by atoms with E-state index < -0.39 is 41.1 Å². The zero-order valence-corrected chi connectivity index (χ0v) is 48.5. The number of amides is 2. The van der Waals surface area contributed by atoms with Crippen molar-refractivity contribution < 1.29 is 52.1 Å². The number of oxazole rings is 2. The zero-order valence-electron chi connectivity index (χ0n) is 46.3. The molecular formula is C58H83IN4O11. The molecule has 3 N–H and O–H groups in total. The smallest absolute Gasteiger partial charge is 0.329 e. The summed E-state index contributed by atoms with van der Waals surface area (Å²) >= 11 is 2.29. The quantitative estimate of drug-likeness (QED) is 0.0542. The number of hydrogen-bond donors (Lipinski definition) is 3. The minimum absolute atomic E-state index is 0.0537. The van der Waals surface area contributed by atoms with E-state index in [4.69, 9.17) is 28.2 Å². The lowest BCUT2D eigenvalue weighted by atomic mass is 9.81. The van der Waals surface area contributed by atoms with Crippen LogP contribution in [0.15, 0.2) is 57.4 Å². The van der Waals surface area contributed by atoms with Crippen molar-refractivity contribution in [2.45, 2.75) is 183 Å². The van der Waals surface area contributed by atoms with Crippen LogP contribution in [-0.2, 0) is 49.2 Å². The van der Waals surface area contributed by atoms with E-state index >= 15 is 0 Å². The topological polar surface area (TPSA) is 209 Å². The monoisotopic (exact) mass is 1140 g/mol. The van der Waals surface area contributed by atoms with E-state index in [9.17, 15) is 24.0 Å². The van der Waals surface area contributed by atoms with Crippen molar-refractivity contribution >= 4 is 52.3 Å². The van der Waals surface area contributed by atoms with Crippen LogP contribution in [0, 0.1) is 63.2 Å². The molecule has 2 aliphatic carbocycles. The Morgan fingerprint density at radius 3 is 1.45 bits per heavy atom. The number of carbonyl (C=O) groups is 5. The van der Waals surface area contributed by atoms with Gasteiger partial charge < -0.3 is 38.8 Å². The van der Waals surface area contributed by atoms with E-state index in [2.05, 4.69) is 62.2 Å². The molecule has 2 amide bonds. The lowest BCUT2D eigenvalue weighted by molar-refractivity contribution is -0.161. The molecule has 2 aromatic carbocycles. The fourth-order valence-electron chi connectivity index (χ4n) is 8.68. The second-order valence-electron chi connectivity index (χ2n) is 22.6. The van der Waals surface area contributed by atoms with Crippen molar-refractivity contribution in [3.05, 3.63) is 82.6 Å². The summed E-state index contributed by atoms with van der Waals surface area (Å²) in [6.45, 7) is 27.3. The van der Waals surface area contributed by atoms with Gasteiger partial charge in [-0.05, 0) is 150 Å². The summed E-state index contributed by atoms with van der Waals surface area (Å²) in [4.78, 5) is 70.6. The number of aliphatic carboxylic acids is 1. The second-order valence-corrected chi connectivity index (χ2v) is 23.3. The van der Waals surface area contributed by atoms with Gasteiger partial charge in [-0.1, -0.05) is 98.5 Å². The molecule has 2 aliphatic rings.